The van der Waals surface area contributed by atoms with E-state index in [1.54, 1.807) is 35.9 Å². The van der Waals surface area contributed by atoms with E-state index in [0.717, 1.165) is 27.9 Å². The Morgan fingerprint density at radius 1 is 1.24 bits per heavy atom. The molecule has 0 radical (unpaired) electrons. The molecule has 0 amide bonds. The smallest absolute Gasteiger partial charge is 0.162 e. The number of hydrogen-bond acceptors (Lipinski definition) is 5. The van der Waals surface area contributed by atoms with Gasteiger partial charge in [-0.25, -0.2) is 9.97 Å². The second-order valence-electron chi connectivity index (χ2n) is 3.40. The number of pyridine rings is 1. The third kappa shape index (κ3) is 3.20. The van der Waals surface area contributed by atoms with Crippen LogP contribution >= 0.6 is 23.5 Å². The molecular weight excluding hydrogens is 250 g/mol. The molecular formula is C12H13N3S2. The number of rotatable bonds is 4. The predicted octanol–water partition coefficient (Wildman–Crippen LogP) is 3.12. The van der Waals surface area contributed by atoms with Crippen LogP contribution in [-0.2, 0) is 5.75 Å². The number of thioether (sulfide) groups is 2. The summed E-state index contributed by atoms with van der Waals surface area (Å²) in [6.45, 7) is 0. The monoisotopic (exact) mass is 263 g/mol. The Balaban J connectivity index is 2.43. The molecule has 0 aliphatic heterocycles. The molecule has 0 aliphatic carbocycles. The summed E-state index contributed by atoms with van der Waals surface area (Å²) in [6.07, 6.45) is 7.65. The van der Waals surface area contributed by atoms with Crippen molar-refractivity contribution in [3.8, 4) is 11.4 Å². The first-order valence-corrected chi connectivity index (χ1v) is 7.76. The quantitative estimate of drug-likeness (QED) is 0.626. The minimum Gasteiger partial charge on any atom is -0.264 e. The van der Waals surface area contributed by atoms with Gasteiger partial charge in [-0.15, -0.1) is 11.8 Å². The summed E-state index contributed by atoms with van der Waals surface area (Å²) in [7, 11) is 0. The van der Waals surface area contributed by atoms with Crippen molar-refractivity contribution in [3.05, 3.63) is 36.3 Å². The number of nitrogens with zero attached hydrogens (tertiary/aromatic N) is 3. The van der Waals surface area contributed by atoms with Crippen molar-refractivity contribution in [1.82, 2.24) is 15.0 Å². The Kier molecular flexibility index (Phi) is 4.39. The van der Waals surface area contributed by atoms with Crippen LogP contribution in [0.1, 0.15) is 5.69 Å². The highest BCUT2D eigenvalue weighted by atomic mass is 32.2. The highest BCUT2D eigenvalue weighted by Gasteiger charge is 2.06. The molecule has 2 aromatic heterocycles. The fourth-order valence-corrected chi connectivity index (χ4v) is 2.30. The minimum atomic E-state index is 0.758. The normalized spacial score (nSPS) is 10.5. The lowest BCUT2D eigenvalue weighted by molar-refractivity contribution is 1.01. The molecule has 0 aromatic carbocycles. The summed E-state index contributed by atoms with van der Waals surface area (Å²) in [5, 5.41) is 1.00. The van der Waals surface area contributed by atoms with Gasteiger partial charge in [0.05, 0.1) is 5.69 Å². The van der Waals surface area contributed by atoms with E-state index in [1.165, 1.54) is 0 Å². The molecule has 0 saturated heterocycles. The lowest BCUT2D eigenvalue weighted by atomic mass is 10.2. The van der Waals surface area contributed by atoms with E-state index >= 15 is 0 Å². The molecule has 0 spiro atoms. The number of hydrogen-bond donors (Lipinski definition) is 0. The van der Waals surface area contributed by atoms with Crippen molar-refractivity contribution in [2.24, 2.45) is 0 Å². The van der Waals surface area contributed by atoms with Crippen LogP contribution in [0.5, 0.6) is 0 Å². The summed E-state index contributed by atoms with van der Waals surface area (Å²) in [6, 6.07) is 5.93. The highest BCUT2D eigenvalue weighted by molar-refractivity contribution is 7.98. The summed E-state index contributed by atoms with van der Waals surface area (Å²) < 4.78 is 0. The Labute approximate surface area is 109 Å². The van der Waals surface area contributed by atoms with Gasteiger partial charge in [-0.2, -0.15) is 11.8 Å². The van der Waals surface area contributed by atoms with E-state index < -0.39 is 0 Å². The first-order chi connectivity index (χ1) is 8.33. The third-order valence-electron chi connectivity index (χ3n) is 2.18. The Bertz CT molecular complexity index is 488. The zero-order chi connectivity index (χ0) is 12.1. The van der Waals surface area contributed by atoms with Gasteiger partial charge in [0.2, 0.25) is 0 Å². The number of aromatic nitrogens is 3. The molecule has 3 nitrogen and oxygen atoms in total. The molecule has 0 bridgehead atoms. The van der Waals surface area contributed by atoms with Gasteiger partial charge in [-0.3, -0.25) is 4.98 Å². The van der Waals surface area contributed by atoms with Gasteiger partial charge in [0, 0.05) is 23.7 Å². The Morgan fingerprint density at radius 3 is 2.76 bits per heavy atom. The van der Waals surface area contributed by atoms with E-state index in [2.05, 4.69) is 21.2 Å². The molecule has 2 rings (SSSR count). The van der Waals surface area contributed by atoms with Gasteiger partial charge in [0.1, 0.15) is 5.03 Å². The van der Waals surface area contributed by atoms with E-state index in [1.807, 2.05) is 24.5 Å². The van der Waals surface area contributed by atoms with E-state index in [4.69, 9.17) is 0 Å². The zero-order valence-corrected chi connectivity index (χ0v) is 11.4. The summed E-state index contributed by atoms with van der Waals surface area (Å²) in [5.41, 5.74) is 2.03. The summed E-state index contributed by atoms with van der Waals surface area (Å²) >= 11 is 3.40. The van der Waals surface area contributed by atoms with Crippen molar-refractivity contribution in [2.75, 3.05) is 12.5 Å². The Morgan fingerprint density at radius 2 is 2.12 bits per heavy atom. The second kappa shape index (κ2) is 6.02. The molecule has 0 N–H and O–H groups in total. The van der Waals surface area contributed by atoms with Gasteiger partial charge in [-0.1, -0.05) is 0 Å². The lowest BCUT2D eigenvalue weighted by Gasteiger charge is -2.05. The average molecular weight is 263 g/mol. The van der Waals surface area contributed by atoms with Crippen molar-refractivity contribution in [3.63, 3.8) is 0 Å². The predicted molar refractivity (Wildman–Crippen MR) is 74.3 cm³/mol. The van der Waals surface area contributed by atoms with Gasteiger partial charge < -0.3 is 0 Å². The standard InChI is InChI=1S/C12H13N3S2/c1-16-8-10-6-11(17-2)15-12(14-10)9-4-3-5-13-7-9/h3-7H,8H2,1-2H3. The van der Waals surface area contributed by atoms with E-state index in [9.17, 15) is 0 Å². The fraction of sp³-hybridized carbons (Fsp3) is 0.250. The summed E-state index contributed by atoms with van der Waals surface area (Å²) in [4.78, 5) is 13.2. The van der Waals surface area contributed by atoms with Crippen LogP contribution in [0.4, 0.5) is 0 Å². The van der Waals surface area contributed by atoms with Crippen LogP contribution in [-0.4, -0.2) is 27.5 Å². The highest BCUT2D eigenvalue weighted by Crippen LogP contribution is 2.20. The maximum atomic E-state index is 4.56. The molecule has 0 atom stereocenters. The van der Waals surface area contributed by atoms with E-state index in [0.29, 0.717) is 0 Å². The van der Waals surface area contributed by atoms with Crippen LogP contribution in [0, 0.1) is 0 Å². The topological polar surface area (TPSA) is 38.7 Å². The van der Waals surface area contributed by atoms with Gasteiger partial charge in [-0.05, 0) is 30.7 Å². The van der Waals surface area contributed by atoms with Crippen LogP contribution in [0.2, 0.25) is 0 Å². The first-order valence-electron chi connectivity index (χ1n) is 5.15. The molecule has 0 fully saturated rings. The van der Waals surface area contributed by atoms with Crippen molar-refractivity contribution < 1.29 is 0 Å². The Hall–Kier alpha value is -1.07. The van der Waals surface area contributed by atoms with Crippen LogP contribution in [0.25, 0.3) is 11.4 Å². The van der Waals surface area contributed by atoms with Crippen molar-refractivity contribution in [1.29, 1.82) is 0 Å². The zero-order valence-electron chi connectivity index (χ0n) is 9.75. The fourth-order valence-electron chi connectivity index (χ4n) is 1.42. The SMILES string of the molecule is CSCc1cc(SC)nc(-c2cccnc2)n1. The van der Waals surface area contributed by atoms with Crippen molar-refractivity contribution in [2.45, 2.75) is 10.8 Å². The molecule has 0 saturated carbocycles. The second-order valence-corrected chi connectivity index (χ2v) is 5.09. The molecule has 0 aliphatic rings. The lowest BCUT2D eigenvalue weighted by Crippen LogP contribution is -1.96. The molecule has 5 heteroatoms. The van der Waals surface area contributed by atoms with Gasteiger partial charge in [0.15, 0.2) is 5.82 Å². The van der Waals surface area contributed by atoms with E-state index in [-0.39, 0.29) is 0 Å². The molecule has 2 heterocycles. The summed E-state index contributed by atoms with van der Waals surface area (Å²) in [5.74, 6) is 1.66. The third-order valence-corrected chi connectivity index (χ3v) is 3.39. The molecule has 17 heavy (non-hydrogen) atoms. The van der Waals surface area contributed by atoms with Crippen molar-refractivity contribution >= 4 is 23.5 Å². The maximum absolute atomic E-state index is 4.56. The molecule has 2 aromatic rings. The molecule has 88 valence electrons. The van der Waals surface area contributed by atoms with Crippen LogP contribution in [0.3, 0.4) is 0 Å². The minimum absolute atomic E-state index is 0.758. The van der Waals surface area contributed by atoms with Crippen LogP contribution in [0.15, 0.2) is 35.6 Å². The molecule has 0 unspecified atom stereocenters. The van der Waals surface area contributed by atoms with Gasteiger partial charge >= 0.3 is 0 Å². The van der Waals surface area contributed by atoms with Crippen LogP contribution < -0.4 is 0 Å². The largest absolute Gasteiger partial charge is 0.264 e. The van der Waals surface area contributed by atoms with Gasteiger partial charge in [0.25, 0.3) is 0 Å². The maximum Gasteiger partial charge on any atom is 0.162 e. The average Bonchev–Trinajstić information content (AvgIpc) is 2.40. The first kappa shape index (κ1) is 12.4.